The van der Waals surface area contributed by atoms with Gasteiger partial charge >= 0.3 is 0 Å². The largest absolute Gasteiger partial charge is 0.368 e. The van der Waals surface area contributed by atoms with Crippen molar-refractivity contribution in [1.82, 2.24) is 14.9 Å². The van der Waals surface area contributed by atoms with E-state index >= 15 is 0 Å². The topological polar surface area (TPSA) is 84.3 Å². The first-order chi connectivity index (χ1) is 13.1. The molecule has 1 aliphatic heterocycles. The second-order valence-electron chi connectivity index (χ2n) is 7.65. The maximum Gasteiger partial charge on any atom is 0.222 e. The first-order valence-electron chi connectivity index (χ1n) is 9.69. The molecule has 4 rings (SSSR count). The third kappa shape index (κ3) is 4.20. The molecule has 1 saturated heterocycles. The van der Waals surface area contributed by atoms with Crippen molar-refractivity contribution in [2.24, 2.45) is 5.73 Å². The van der Waals surface area contributed by atoms with Crippen LogP contribution in [0.4, 0.5) is 16.2 Å². The lowest BCUT2D eigenvalue weighted by atomic mass is 9.78. The number of rotatable bonds is 4. The van der Waals surface area contributed by atoms with Gasteiger partial charge in [-0.15, -0.1) is 0 Å². The third-order valence-corrected chi connectivity index (χ3v) is 5.61. The smallest absolute Gasteiger partial charge is 0.222 e. The highest BCUT2D eigenvalue weighted by atomic mass is 19.1. The Hall–Kier alpha value is -2.25. The zero-order chi connectivity index (χ0) is 18.8. The molecule has 1 saturated carbocycles. The maximum atomic E-state index is 13.9. The van der Waals surface area contributed by atoms with Crippen LogP contribution in [0.1, 0.15) is 36.4 Å². The molecule has 7 heteroatoms. The Bertz CT molecular complexity index is 792. The fourth-order valence-corrected chi connectivity index (χ4v) is 3.97. The quantitative estimate of drug-likeness (QED) is 0.858. The molecule has 2 fully saturated rings. The number of benzene rings is 1. The lowest BCUT2D eigenvalue weighted by Gasteiger charge is -2.32. The Balaban J connectivity index is 1.43. The van der Waals surface area contributed by atoms with E-state index in [4.69, 9.17) is 11.5 Å². The monoisotopic (exact) mass is 370 g/mol. The number of nitrogens with zero attached hydrogens (tertiary/aromatic N) is 4. The van der Waals surface area contributed by atoms with Crippen LogP contribution in [-0.4, -0.2) is 47.1 Å². The highest BCUT2D eigenvalue weighted by Gasteiger charge is 2.29. The molecule has 2 heterocycles. The van der Waals surface area contributed by atoms with Crippen LogP contribution in [0, 0.1) is 5.82 Å². The Morgan fingerprint density at radius 2 is 1.89 bits per heavy atom. The minimum absolute atomic E-state index is 0.134. The van der Waals surface area contributed by atoms with Crippen LogP contribution in [-0.2, 0) is 6.54 Å². The molecule has 0 radical (unpaired) electrons. The van der Waals surface area contributed by atoms with Gasteiger partial charge in [0.1, 0.15) is 11.6 Å². The summed E-state index contributed by atoms with van der Waals surface area (Å²) in [5, 5.41) is 0. The molecule has 4 N–H and O–H groups in total. The summed E-state index contributed by atoms with van der Waals surface area (Å²) in [5.41, 5.74) is 13.6. The minimum atomic E-state index is -0.134. The Morgan fingerprint density at radius 3 is 2.67 bits per heavy atom. The summed E-state index contributed by atoms with van der Waals surface area (Å²) in [7, 11) is 0. The van der Waals surface area contributed by atoms with Gasteiger partial charge in [-0.1, -0.05) is 18.2 Å². The average molecular weight is 370 g/mol. The van der Waals surface area contributed by atoms with E-state index in [2.05, 4.69) is 25.8 Å². The normalized spacial score (nSPS) is 23.7. The van der Waals surface area contributed by atoms with Gasteiger partial charge < -0.3 is 16.4 Å². The maximum absolute atomic E-state index is 13.9. The Kier molecular flexibility index (Phi) is 5.22. The third-order valence-electron chi connectivity index (χ3n) is 5.61. The number of aromatic nitrogens is 2. The van der Waals surface area contributed by atoms with Gasteiger partial charge in [0.2, 0.25) is 5.95 Å². The fourth-order valence-electron chi connectivity index (χ4n) is 3.97. The second kappa shape index (κ2) is 7.78. The number of nitrogen functional groups attached to an aromatic ring is 1. The van der Waals surface area contributed by atoms with Crippen LogP contribution >= 0.6 is 0 Å². The fraction of sp³-hybridized carbons (Fsp3) is 0.500. The lowest BCUT2D eigenvalue weighted by Crippen LogP contribution is -2.35. The molecular formula is C20H27FN6. The van der Waals surface area contributed by atoms with Crippen molar-refractivity contribution in [2.75, 3.05) is 36.8 Å². The number of hydrogen-bond acceptors (Lipinski definition) is 6. The molecule has 0 spiro atoms. The molecule has 1 aliphatic carbocycles. The molecule has 0 bridgehead atoms. The molecule has 2 aliphatic rings. The predicted octanol–water partition coefficient (Wildman–Crippen LogP) is 2.11. The summed E-state index contributed by atoms with van der Waals surface area (Å²) >= 11 is 0. The van der Waals surface area contributed by atoms with E-state index in [-0.39, 0.29) is 11.9 Å². The van der Waals surface area contributed by atoms with Crippen molar-refractivity contribution in [1.29, 1.82) is 0 Å². The van der Waals surface area contributed by atoms with Gasteiger partial charge in [0.05, 0.1) is 5.69 Å². The first-order valence-corrected chi connectivity index (χ1v) is 9.69. The van der Waals surface area contributed by atoms with E-state index in [9.17, 15) is 4.39 Å². The van der Waals surface area contributed by atoms with E-state index in [0.29, 0.717) is 18.4 Å². The molecular weight excluding hydrogens is 343 g/mol. The summed E-state index contributed by atoms with van der Waals surface area (Å²) in [6.07, 6.45) is 2.93. The molecule has 144 valence electrons. The summed E-state index contributed by atoms with van der Waals surface area (Å²) in [5.74, 6) is 1.49. The number of hydrogen-bond donors (Lipinski definition) is 2. The van der Waals surface area contributed by atoms with Crippen LogP contribution in [0.25, 0.3) is 0 Å². The standard InChI is InChI=1S/C20H27FN6/c21-17-5-2-1-4-14(17)13-26-6-3-7-27(9-8-26)19-12-18(24-20(23)25-19)15-10-16(22)11-15/h1-2,4-5,12,15-16H,3,6-11,13,22H2,(H2,23,24,25). The summed E-state index contributed by atoms with van der Waals surface area (Å²) in [6, 6.07) is 9.35. The first kappa shape index (κ1) is 18.1. The van der Waals surface area contributed by atoms with Gasteiger partial charge in [0.15, 0.2) is 0 Å². The SMILES string of the molecule is Nc1nc(C2CC(N)C2)cc(N2CCCN(Cc3ccccc3F)CC2)n1. The number of nitrogens with two attached hydrogens (primary N) is 2. The highest BCUT2D eigenvalue weighted by molar-refractivity contribution is 5.45. The van der Waals surface area contributed by atoms with E-state index < -0.39 is 0 Å². The number of anilines is 2. The molecule has 27 heavy (non-hydrogen) atoms. The van der Waals surface area contributed by atoms with Gasteiger partial charge in [-0.05, 0) is 25.3 Å². The van der Waals surface area contributed by atoms with E-state index in [1.165, 1.54) is 6.07 Å². The van der Waals surface area contributed by atoms with Gasteiger partial charge in [0.25, 0.3) is 0 Å². The summed E-state index contributed by atoms with van der Waals surface area (Å²) < 4.78 is 13.9. The molecule has 0 amide bonds. The predicted molar refractivity (Wildman–Crippen MR) is 105 cm³/mol. The van der Waals surface area contributed by atoms with Crippen LogP contribution < -0.4 is 16.4 Å². The van der Waals surface area contributed by atoms with Gasteiger partial charge in [0, 0.05) is 56.3 Å². The molecule has 1 aromatic carbocycles. The lowest BCUT2D eigenvalue weighted by molar-refractivity contribution is 0.281. The second-order valence-corrected chi connectivity index (χ2v) is 7.65. The van der Waals surface area contributed by atoms with Crippen LogP contribution in [0.5, 0.6) is 0 Å². The average Bonchev–Trinajstić information content (AvgIpc) is 2.86. The van der Waals surface area contributed by atoms with Crippen molar-refractivity contribution in [3.8, 4) is 0 Å². The molecule has 0 unspecified atom stereocenters. The van der Waals surface area contributed by atoms with Crippen molar-refractivity contribution < 1.29 is 4.39 Å². The Morgan fingerprint density at radius 1 is 1.07 bits per heavy atom. The van der Waals surface area contributed by atoms with Crippen LogP contribution in [0.3, 0.4) is 0 Å². The van der Waals surface area contributed by atoms with Crippen LogP contribution in [0.2, 0.25) is 0 Å². The van der Waals surface area contributed by atoms with E-state index in [1.807, 2.05) is 12.1 Å². The van der Waals surface area contributed by atoms with Crippen molar-refractivity contribution in [3.05, 3.63) is 47.4 Å². The summed E-state index contributed by atoms with van der Waals surface area (Å²) in [6.45, 7) is 4.19. The molecule has 6 nitrogen and oxygen atoms in total. The molecule has 2 aromatic rings. The highest BCUT2D eigenvalue weighted by Crippen LogP contribution is 2.36. The minimum Gasteiger partial charge on any atom is -0.368 e. The Labute approximate surface area is 159 Å². The number of halogens is 1. The summed E-state index contributed by atoms with van der Waals surface area (Å²) in [4.78, 5) is 13.5. The van der Waals surface area contributed by atoms with Crippen molar-refractivity contribution in [3.63, 3.8) is 0 Å². The molecule has 0 atom stereocenters. The van der Waals surface area contributed by atoms with E-state index in [1.54, 1.807) is 6.07 Å². The van der Waals surface area contributed by atoms with Crippen molar-refractivity contribution >= 4 is 11.8 Å². The van der Waals surface area contributed by atoms with Gasteiger partial charge in [-0.2, -0.15) is 4.98 Å². The van der Waals surface area contributed by atoms with Crippen LogP contribution in [0.15, 0.2) is 30.3 Å². The zero-order valence-electron chi connectivity index (χ0n) is 15.5. The zero-order valence-corrected chi connectivity index (χ0v) is 15.5. The van der Waals surface area contributed by atoms with Gasteiger partial charge in [-0.25, -0.2) is 9.37 Å². The van der Waals surface area contributed by atoms with E-state index in [0.717, 1.165) is 62.5 Å². The van der Waals surface area contributed by atoms with Crippen molar-refractivity contribution in [2.45, 2.75) is 37.8 Å². The molecule has 1 aromatic heterocycles. The van der Waals surface area contributed by atoms with Gasteiger partial charge in [-0.3, -0.25) is 4.90 Å².